The zero-order valence-corrected chi connectivity index (χ0v) is 16.5. The van der Waals surface area contributed by atoms with E-state index in [2.05, 4.69) is 5.43 Å². The Kier molecular flexibility index (Phi) is 5.81. The number of carbonyl (C=O) groups is 1. The van der Waals surface area contributed by atoms with Gasteiger partial charge in [-0.25, -0.2) is 5.01 Å². The van der Waals surface area contributed by atoms with Gasteiger partial charge in [-0.1, -0.05) is 17.8 Å². The molecule has 1 N–H and O–H groups in total. The molecule has 144 valence electrons. The fourth-order valence-corrected chi connectivity index (χ4v) is 3.62. The van der Waals surface area contributed by atoms with Crippen LogP contribution in [0.5, 0.6) is 11.5 Å². The lowest BCUT2D eigenvalue weighted by Gasteiger charge is -2.16. The highest BCUT2D eigenvalue weighted by Gasteiger charge is 2.32. The van der Waals surface area contributed by atoms with Crippen molar-refractivity contribution >= 4 is 51.7 Å². The van der Waals surface area contributed by atoms with E-state index < -0.39 is 4.92 Å². The van der Waals surface area contributed by atoms with E-state index in [0.29, 0.717) is 26.4 Å². The van der Waals surface area contributed by atoms with Crippen LogP contribution < -0.4 is 14.9 Å². The molecule has 1 amide bonds. The van der Waals surface area contributed by atoms with E-state index in [1.165, 1.54) is 36.4 Å². The molecule has 3 rings (SSSR count). The van der Waals surface area contributed by atoms with Crippen LogP contribution in [0.1, 0.15) is 5.56 Å². The number of thioether (sulfide) groups is 1. The molecule has 28 heavy (non-hydrogen) atoms. The molecule has 0 bridgehead atoms. The lowest BCUT2D eigenvalue weighted by Crippen LogP contribution is -2.33. The Morgan fingerprint density at radius 3 is 2.43 bits per heavy atom. The summed E-state index contributed by atoms with van der Waals surface area (Å²) in [6, 6.07) is 11.0. The molecule has 8 nitrogen and oxygen atoms in total. The van der Waals surface area contributed by atoms with Crippen LogP contribution in [0.25, 0.3) is 6.08 Å². The fourth-order valence-electron chi connectivity index (χ4n) is 2.44. The third-order valence-electron chi connectivity index (χ3n) is 3.82. The maximum Gasteiger partial charge on any atom is 0.285 e. The van der Waals surface area contributed by atoms with Crippen LogP contribution in [0.15, 0.2) is 47.4 Å². The number of hydrogen-bond donors (Lipinski definition) is 1. The third kappa shape index (κ3) is 4.07. The third-order valence-corrected chi connectivity index (χ3v) is 5.12. The van der Waals surface area contributed by atoms with Gasteiger partial charge in [0.05, 0.1) is 29.7 Å². The summed E-state index contributed by atoms with van der Waals surface area (Å²) in [6.07, 6.45) is 1.71. The molecule has 2 aromatic carbocycles. The first-order valence-electron chi connectivity index (χ1n) is 7.94. The molecule has 1 aliphatic rings. The number of methoxy groups -OCH3 is 2. The first-order chi connectivity index (χ1) is 13.4. The molecule has 1 saturated heterocycles. The number of nitro groups is 1. The number of hydrazine groups is 1. The largest absolute Gasteiger partial charge is 0.493 e. The second-order valence-electron chi connectivity index (χ2n) is 5.55. The first-order valence-corrected chi connectivity index (χ1v) is 9.16. The van der Waals surface area contributed by atoms with Crippen LogP contribution in [-0.2, 0) is 4.79 Å². The molecule has 1 fully saturated rings. The van der Waals surface area contributed by atoms with E-state index >= 15 is 0 Å². The van der Waals surface area contributed by atoms with Crippen LogP contribution in [-0.4, -0.2) is 34.4 Å². The Bertz CT molecular complexity index is 976. The van der Waals surface area contributed by atoms with Gasteiger partial charge in [-0.05, 0) is 48.1 Å². The highest BCUT2D eigenvalue weighted by molar-refractivity contribution is 8.26. The summed E-state index contributed by atoms with van der Waals surface area (Å²) in [5.74, 6) is 0.825. The van der Waals surface area contributed by atoms with Crippen molar-refractivity contribution in [2.75, 3.05) is 19.6 Å². The summed E-state index contributed by atoms with van der Waals surface area (Å²) in [4.78, 5) is 23.4. The van der Waals surface area contributed by atoms with Gasteiger partial charge in [0.2, 0.25) is 0 Å². The minimum atomic E-state index is -0.491. The molecule has 0 unspecified atom stereocenters. The normalized spacial score (nSPS) is 15.1. The van der Waals surface area contributed by atoms with Gasteiger partial charge in [0.25, 0.3) is 11.6 Å². The monoisotopic (exact) mass is 417 g/mol. The van der Waals surface area contributed by atoms with Gasteiger partial charge in [0.1, 0.15) is 0 Å². The number of non-ortho nitro benzene ring substituents is 1. The van der Waals surface area contributed by atoms with E-state index in [4.69, 9.17) is 21.7 Å². The van der Waals surface area contributed by atoms with Crippen molar-refractivity contribution in [3.8, 4) is 11.5 Å². The number of amides is 1. The van der Waals surface area contributed by atoms with Crippen molar-refractivity contribution in [3.63, 3.8) is 0 Å². The molecular weight excluding hydrogens is 402 g/mol. The average molecular weight is 417 g/mol. The Labute approximate surface area is 170 Å². The van der Waals surface area contributed by atoms with Gasteiger partial charge < -0.3 is 9.47 Å². The predicted molar refractivity (Wildman–Crippen MR) is 111 cm³/mol. The fraction of sp³-hybridized carbons (Fsp3) is 0.111. The molecule has 1 heterocycles. The smallest absolute Gasteiger partial charge is 0.285 e. The minimum absolute atomic E-state index is 0.0377. The number of anilines is 1. The number of nitrogens with zero attached hydrogens (tertiary/aromatic N) is 2. The highest BCUT2D eigenvalue weighted by Crippen LogP contribution is 2.35. The quantitative estimate of drug-likeness (QED) is 0.328. The second kappa shape index (κ2) is 8.28. The number of benzene rings is 2. The number of carbonyl (C=O) groups excluding carboxylic acids is 1. The van der Waals surface area contributed by atoms with E-state index in [1.807, 2.05) is 0 Å². The van der Waals surface area contributed by atoms with Crippen LogP contribution in [0.4, 0.5) is 11.4 Å². The Morgan fingerprint density at radius 2 is 1.82 bits per heavy atom. The average Bonchev–Trinajstić information content (AvgIpc) is 2.95. The molecule has 10 heteroatoms. The highest BCUT2D eigenvalue weighted by atomic mass is 32.2. The Hall–Kier alpha value is -3.11. The Balaban J connectivity index is 1.79. The van der Waals surface area contributed by atoms with Crippen molar-refractivity contribution < 1.29 is 19.2 Å². The van der Waals surface area contributed by atoms with Gasteiger partial charge >= 0.3 is 0 Å². The van der Waals surface area contributed by atoms with Gasteiger partial charge in [-0.15, -0.1) is 0 Å². The zero-order chi connectivity index (χ0) is 20.3. The maximum atomic E-state index is 12.7. The van der Waals surface area contributed by atoms with E-state index in [9.17, 15) is 14.9 Å². The zero-order valence-electron chi connectivity index (χ0n) is 14.9. The van der Waals surface area contributed by atoms with Gasteiger partial charge in [0, 0.05) is 12.1 Å². The van der Waals surface area contributed by atoms with Gasteiger partial charge in [-0.2, -0.15) is 0 Å². The molecule has 0 aromatic heterocycles. The molecular formula is C18H15N3O5S2. The van der Waals surface area contributed by atoms with Gasteiger partial charge in [-0.3, -0.25) is 20.3 Å². The molecule has 2 aromatic rings. The van der Waals surface area contributed by atoms with Crippen molar-refractivity contribution in [2.45, 2.75) is 0 Å². The van der Waals surface area contributed by atoms with Crippen LogP contribution >= 0.6 is 24.0 Å². The van der Waals surface area contributed by atoms with E-state index in [0.717, 1.165) is 17.3 Å². The summed E-state index contributed by atoms with van der Waals surface area (Å²) in [7, 11) is 3.09. The standard InChI is InChI=1S/C18H15N3O5S2/c1-25-14-8-3-11(9-15(14)26-2)10-16-17(22)20(18(27)28-16)19-12-4-6-13(7-5-12)21(23)24/h3-10,19H,1-2H3/b16-10+. The lowest BCUT2D eigenvalue weighted by atomic mass is 10.2. The molecule has 0 aliphatic carbocycles. The van der Waals surface area contributed by atoms with Crippen LogP contribution in [0.2, 0.25) is 0 Å². The van der Waals surface area contributed by atoms with Crippen molar-refractivity contribution in [3.05, 3.63) is 63.0 Å². The SMILES string of the molecule is COc1ccc(/C=C2/SC(=S)N(Nc3ccc([N+](=O)[O-])cc3)C2=O)cc1OC. The van der Waals surface area contributed by atoms with Crippen molar-refractivity contribution in [2.24, 2.45) is 0 Å². The van der Waals surface area contributed by atoms with Crippen molar-refractivity contribution in [1.82, 2.24) is 5.01 Å². The summed E-state index contributed by atoms with van der Waals surface area (Å²) < 4.78 is 10.8. The van der Waals surface area contributed by atoms with Crippen LogP contribution in [0, 0.1) is 10.1 Å². The number of nitrogens with one attached hydrogen (secondary N) is 1. The number of ether oxygens (including phenoxy) is 2. The number of hydrogen-bond acceptors (Lipinski definition) is 8. The van der Waals surface area contributed by atoms with E-state index in [1.54, 1.807) is 31.4 Å². The molecule has 0 atom stereocenters. The summed E-state index contributed by atoms with van der Waals surface area (Å²) >= 11 is 6.43. The predicted octanol–water partition coefficient (Wildman–Crippen LogP) is 3.84. The second-order valence-corrected chi connectivity index (χ2v) is 7.22. The van der Waals surface area contributed by atoms with Crippen molar-refractivity contribution in [1.29, 1.82) is 0 Å². The number of rotatable bonds is 6. The first kappa shape index (κ1) is 19.6. The lowest BCUT2D eigenvalue weighted by molar-refractivity contribution is -0.384. The van der Waals surface area contributed by atoms with E-state index in [-0.39, 0.29) is 11.6 Å². The molecule has 0 saturated carbocycles. The summed E-state index contributed by atoms with van der Waals surface area (Å²) in [6.45, 7) is 0. The van der Waals surface area contributed by atoms with Crippen LogP contribution in [0.3, 0.4) is 0 Å². The minimum Gasteiger partial charge on any atom is -0.493 e. The Morgan fingerprint density at radius 1 is 1.14 bits per heavy atom. The number of thiocarbonyl (C=S) groups is 1. The number of nitro benzene ring substituents is 1. The summed E-state index contributed by atoms with van der Waals surface area (Å²) in [5.41, 5.74) is 4.11. The topological polar surface area (TPSA) is 93.9 Å². The molecule has 0 spiro atoms. The summed E-state index contributed by atoms with van der Waals surface area (Å²) in [5, 5.41) is 12.0. The van der Waals surface area contributed by atoms with Gasteiger partial charge in [0.15, 0.2) is 15.8 Å². The molecule has 1 aliphatic heterocycles. The maximum absolute atomic E-state index is 12.7. The molecule has 0 radical (unpaired) electrons.